The lowest BCUT2D eigenvalue weighted by Crippen LogP contribution is -2.46. The molecule has 5 aliphatic heterocycles. The summed E-state index contributed by atoms with van der Waals surface area (Å²) in [6.07, 6.45) is 8.10. The molecule has 113 heavy (non-hydrogen) atoms. The highest BCUT2D eigenvalue weighted by molar-refractivity contribution is 6.35. The summed E-state index contributed by atoms with van der Waals surface area (Å²) in [6.45, 7) is 24.1. The number of carboxylic acid groups (broad SMARTS) is 1. The van der Waals surface area contributed by atoms with Crippen LogP contribution in [0.15, 0.2) is 74.4 Å². The smallest absolute Gasteiger partial charge is 0.333 e. The third-order valence-corrected chi connectivity index (χ3v) is 20.1. The number of ether oxygens (including phenoxy) is 9. The number of rotatable bonds is 15. The van der Waals surface area contributed by atoms with Crippen molar-refractivity contribution in [1.82, 2.24) is 74.3 Å². The van der Waals surface area contributed by atoms with E-state index in [4.69, 9.17) is 99.1 Å². The van der Waals surface area contributed by atoms with Gasteiger partial charge >= 0.3 is 29.8 Å². The highest BCUT2D eigenvalue weighted by atomic mass is 35.5. The third-order valence-electron chi connectivity index (χ3n) is 18.9. The maximum Gasteiger partial charge on any atom is 0.333 e. The van der Waals surface area contributed by atoms with Crippen molar-refractivity contribution < 1.29 is 101 Å². The zero-order valence-electron chi connectivity index (χ0n) is 64.5. The molecule has 13 heterocycles. The standard InChI is InChI=1S/C17H21ClN4O5.C16H20ClN3O3.C15H16ClN3O5.C15H18ClN3O4.C4H8O.C2H7NO.CH5NO2.2CH4.ClH/c1-9(23)26-12-16(22-7-6-10-13(18)19-8-20-14(10)22)27-11(17(12,2)3)15(24)21(4)25-5;1-5-11-16(3,4)12(22-9(2)21)15(23-11)20-7-6-10-13(17)18-8-19-14(10)20;1-7(20)23-9-13(24-10(14(21)22)15(9,2)3)19-5-4-8-11(16)17-6-18-12(8)19;1-8(21)22-11-14(23-10(6-20)15(11,2)3)19-5-4-9-12(16)17-7-18-13(9)19;1-2-4-5-3-1;1-3-4-2;1-4-2-3;;;/h6-8,11-12,16H,1-5H3;6-8,11-12,15H,5H2,1-4H3;4-6,9-10,13H,1-3H3,(H,21,22);4-5,7,10-11,14,20H,6H2,1-3H3;1-4H2;3H,1-2H3;2-3H,1H3;2*1H4;1H/t11-,12+,16-;11-,12+,15-;9-,10+,13+;10-,11+,14-;;;;;;/m1101....../s1. The molecule has 0 aliphatic carbocycles. The fraction of sp³-hybridized carbons (Fsp3) is 0.583. The normalized spacial score (nSPS) is 23.6. The number of amides is 1. The number of hydroxylamine groups is 3. The number of hydrogen-bond acceptors (Lipinski definition) is 30. The van der Waals surface area contributed by atoms with Gasteiger partial charge in [0.2, 0.25) is 0 Å². The number of fused-ring (bicyclic) bond motifs is 4. The molecule has 36 nitrogen and oxygen atoms in total. The summed E-state index contributed by atoms with van der Waals surface area (Å²) in [5.41, 5.74) is 3.47. The minimum atomic E-state index is -1.14. The summed E-state index contributed by atoms with van der Waals surface area (Å²) in [7, 11) is 7.48. The number of carboxylic acids is 1. The first-order valence-corrected chi connectivity index (χ1v) is 36.0. The summed E-state index contributed by atoms with van der Waals surface area (Å²) in [5.74, 6) is -3.22. The van der Waals surface area contributed by atoms with Crippen molar-refractivity contribution in [3.05, 3.63) is 95.0 Å². The summed E-state index contributed by atoms with van der Waals surface area (Å²) >= 11 is 24.4. The van der Waals surface area contributed by atoms with E-state index in [9.17, 15) is 39.0 Å². The van der Waals surface area contributed by atoms with Gasteiger partial charge in [-0.1, -0.05) is 129 Å². The number of carbonyl (C=O) groups excluding carboxylic acids is 5. The van der Waals surface area contributed by atoms with Crippen molar-refractivity contribution in [1.29, 1.82) is 0 Å². The van der Waals surface area contributed by atoms with Gasteiger partial charge in [-0.15, -0.1) is 12.4 Å². The van der Waals surface area contributed by atoms with Gasteiger partial charge in [0.05, 0.1) is 61.7 Å². The number of halogens is 5. The molecule has 628 valence electrons. The lowest BCUT2D eigenvalue weighted by Gasteiger charge is -2.31. The maximum absolute atomic E-state index is 12.7. The number of esters is 4. The lowest BCUT2D eigenvalue weighted by molar-refractivity contribution is -0.185. The lowest BCUT2D eigenvalue weighted by atomic mass is 9.81. The molecule has 41 heteroatoms. The first-order chi connectivity index (χ1) is 52.0. The Morgan fingerprint density at radius 3 is 1.05 bits per heavy atom. The third kappa shape index (κ3) is 22.3. The molecule has 12 atom stereocenters. The van der Waals surface area contributed by atoms with Gasteiger partial charge in [0.15, 0.2) is 55.4 Å². The molecule has 0 aromatic carbocycles. The van der Waals surface area contributed by atoms with Crippen LogP contribution in [-0.2, 0) is 85.9 Å². The van der Waals surface area contributed by atoms with E-state index in [0.29, 0.717) is 54.2 Å². The van der Waals surface area contributed by atoms with Crippen LogP contribution in [0.5, 0.6) is 0 Å². The van der Waals surface area contributed by atoms with Gasteiger partial charge in [0.25, 0.3) is 5.91 Å². The van der Waals surface area contributed by atoms with Gasteiger partial charge in [-0.3, -0.25) is 38.9 Å². The Balaban J connectivity index is 0.000000298. The summed E-state index contributed by atoms with van der Waals surface area (Å²) < 4.78 is 57.9. The number of aromatic nitrogens is 12. The summed E-state index contributed by atoms with van der Waals surface area (Å²) in [6, 6.07) is 7.07. The Labute approximate surface area is 680 Å². The number of nitrogens with one attached hydrogen (secondary N) is 2. The van der Waals surface area contributed by atoms with Crippen LogP contribution >= 0.6 is 58.8 Å². The quantitative estimate of drug-likeness (QED) is 0.0275. The Hall–Kier alpha value is -7.73. The molecule has 0 saturated carbocycles. The first-order valence-electron chi connectivity index (χ1n) is 34.5. The molecule has 0 spiro atoms. The number of aliphatic hydroxyl groups is 1. The van der Waals surface area contributed by atoms with Crippen molar-refractivity contribution in [2.24, 2.45) is 21.7 Å². The fourth-order valence-electron chi connectivity index (χ4n) is 13.1. The second-order valence-corrected chi connectivity index (χ2v) is 29.2. The van der Waals surface area contributed by atoms with Gasteiger partial charge in [-0.2, -0.15) is 0 Å². The molecule has 8 aromatic heterocycles. The highest BCUT2D eigenvalue weighted by Gasteiger charge is 2.59. The van der Waals surface area contributed by atoms with Crippen LogP contribution in [0.2, 0.25) is 20.6 Å². The molecule has 0 radical (unpaired) electrons. The second kappa shape index (κ2) is 42.8. The highest BCUT2D eigenvalue weighted by Crippen LogP contribution is 2.51. The monoisotopic (exact) mass is 1690 g/mol. The van der Waals surface area contributed by atoms with Gasteiger partial charge in [-0.25, -0.2) is 55.2 Å². The van der Waals surface area contributed by atoms with Crippen molar-refractivity contribution in [3.63, 3.8) is 0 Å². The molecule has 1 amide bonds. The average molecular weight is 1690 g/mol. The summed E-state index contributed by atoms with van der Waals surface area (Å²) in [5, 5.41) is 31.5. The molecule has 5 fully saturated rings. The largest absolute Gasteiger partial charge is 0.479 e. The number of likely N-dealkylation sites (N-methyl/N-ethyl adjacent to an activating group) is 1. The van der Waals surface area contributed by atoms with Crippen LogP contribution < -0.4 is 11.1 Å². The molecule has 8 aromatic rings. The van der Waals surface area contributed by atoms with Crippen molar-refractivity contribution >= 4 is 139 Å². The Kier molecular flexibility index (Phi) is 36.9. The van der Waals surface area contributed by atoms with Crippen LogP contribution in [0.25, 0.3) is 44.1 Å². The van der Waals surface area contributed by atoms with E-state index in [-0.39, 0.29) is 62.4 Å². The molecule has 0 bridgehead atoms. The molecular weight excluding hydrogens is 1590 g/mol. The van der Waals surface area contributed by atoms with E-state index in [2.05, 4.69) is 75.8 Å². The van der Waals surface area contributed by atoms with E-state index < -0.39 is 108 Å². The molecule has 0 unspecified atom stereocenters. The zero-order valence-corrected chi connectivity index (χ0v) is 68.4. The average Bonchev–Trinajstić information content (AvgIpc) is 1.55. The fourth-order valence-corrected chi connectivity index (χ4v) is 13.9. The number of nitrogens with zero attached hydrogens (tertiary/aromatic N) is 13. The van der Waals surface area contributed by atoms with Crippen molar-refractivity contribution in [2.75, 3.05) is 55.2 Å². The van der Waals surface area contributed by atoms with Crippen LogP contribution in [-0.4, -0.2) is 218 Å². The van der Waals surface area contributed by atoms with Crippen molar-refractivity contribution in [3.8, 4) is 0 Å². The van der Waals surface area contributed by atoms with Gasteiger partial charge in [0.1, 0.15) is 74.6 Å². The maximum atomic E-state index is 12.7. The number of carbonyl (C=O) groups is 6. The van der Waals surface area contributed by atoms with E-state index in [1.165, 1.54) is 92.8 Å². The van der Waals surface area contributed by atoms with Crippen LogP contribution in [0, 0.1) is 21.7 Å². The molecular formula is C72H104Cl5N15O21. The summed E-state index contributed by atoms with van der Waals surface area (Å²) in [4.78, 5) is 117. The number of aliphatic carboxylic acids is 1. The van der Waals surface area contributed by atoms with E-state index >= 15 is 0 Å². The van der Waals surface area contributed by atoms with Gasteiger partial charge in [-0.05, 0) is 43.5 Å². The molecule has 13 rings (SSSR count). The topological polar surface area (TPSA) is 424 Å². The minimum Gasteiger partial charge on any atom is -0.479 e. The predicted molar refractivity (Wildman–Crippen MR) is 417 cm³/mol. The van der Waals surface area contributed by atoms with Crippen LogP contribution in [0.1, 0.15) is 149 Å². The van der Waals surface area contributed by atoms with E-state index in [1.807, 2.05) is 30.7 Å². The van der Waals surface area contributed by atoms with E-state index in [1.54, 1.807) is 92.3 Å². The molecule has 5 aliphatic rings. The van der Waals surface area contributed by atoms with Crippen molar-refractivity contribution in [2.45, 2.75) is 198 Å². The van der Waals surface area contributed by atoms with Crippen LogP contribution in [0.4, 0.5) is 0 Å². The number of hydrogen-bond donors (Lipinski definition) is 5. The molecule has 5 saturated heterocycles. The first kappa shape index (κ1) is 97.6. The number of aliphatic hydroxyl groups excluding tert-OH is 1. The Morgan fingerprint density at radius 1 is 0.513 bits per heavy atom. The Morgan fingerprint density at radius 2 is 0.796 bits per heavy atom. The Bertz CT molecular complexity index is 4310. The zero-order chi connectivity index (χ0) is 81.5. The minimum absolute atomic E-state index is 0. The van der Waals surface area contributed by atoms with Gasteiger partial charge in [0, 0.05) is 101 Å². The van der Waals surface area contributed by atoms with Gasteiger partial charge < -0.3 is 76.0 Å². The predicted octanol–water partition coefficient (Wildman–Crippen LogP) is 11.1. The van der Waals surface area contributed by atoms with Crippen LogP contribution in [0.3, 0.4) is 0 Å². The molecule has 5 N–H and O–H groups in total. The SMILES string of the molecule is C.C.C1CCOC1.CC(=O)O[C@H]1[C@H](n2ccc3c(Cl)ncnc32)O[C@H](C(=O)O)C1(C)C.CC(=O)O[C@H]1[C@H](n2ccc3c(Cl)ncnc32)O[C@H](CO)C1(C)C.CC[C@H]1O[C@@H](n2ccc3c(Cl)ncnc32)[C@H](OC(C)=O)C1(C)C.CNOC.CON(C)C(=O)[C@H]1O[C@@H](n2ccc3c(Cl)ncnc32)[C@H](OC(C)=O)C1(C)C.CONO.Cl. The van der Waals surface area contributed by atoms with E-state index in [0.717, 1.165) is 30.1 Å². The second-order valence-electron chi connectivity index (χ2n) is 27.7.